The fourth-order valence-electron chi connectivity index (χ4n) is 3.99. The minimum atomic E-state index is 0.760. The van der Waals surface area contributed by atoms with Gasteiger partial charge in [-0.15, -0.1) is 11.3 Å². The summed E-state index contributed by atoms with van der Waals surface area (Å²) in [7, 11) is 0. The molecule has 0 amide bonds. The standard InChI is InChI=1S/C16H21N3S/c1-10-6-11(2)8-19(7-10)15-14-12-4-3-5-13(12)20-16(14)18-9-17-15/h9-11H,3-8H2,1-2H3/t10-,11-/m0/s1. The van der Waals surface area contributed by atoms with Crippen LogP contribution in [0.5, 0.6) is 0 Å². The van der Waals surface area contributed by atoms with Gasteiger partial charge in [0, 0.05) is 18.0 Å². The van der Waals surface area contributed by atoms with Crippen molar-refractivity contribution < 1.29 is 0 Å². The summed E-state index contributed by atoms with van der Waals surface area (Å²) in [4.78, 5) is 14.5. The van der Waals surface area contributed by atoms with Gasteiger partial charge in [-0.1, -0.05) is 13.8 Å². The van der Waals surface area contributed by atoms with Gasteiger partial charge in [-0.3, -0.25) is 0 Å². The number of fused-ring (bicyclic) bond motifs is 3. The number of rotatable bonds is 1. The average molecular weight is 287 g/mol. The summed E-state index contributed by atoms with van der Waals surface area (Å²) in [6.07, 6.45) is 6.86. The van der Waals surface area contributed by atoms with Gasteiger partial charge in [-0.25, -0.2) is 9.97 Å². The Kier molecular flexibility index (Phi) is 2.95. The smallest absolute Gasteiger partial charge is 0.141 e. The van der Waals surface area contributed by atoms with E-state index in [2.05, 4.69) is 28.7 Å². The number of hydrogen-bond donors (Lipinski definition) is 0. The van der Waals surface area contributed by atoms with Gasteiger partial charge in [-0.05, 0) is 43.1 Å². The van der Waals surface area contributed by atoms with Crippen molar-refractivity contribution in [1.29, 1.82) is 0 Å². The maximum atomic E-state index is 4.67. The Hall–Kier alpha value is -1.16. The van der Waals surface area contributed by atoms with Crippen LogP contribution in [0.25, 0.3) is 10.2 Å². The van der Waals surface area contributed by atoms with Crippen LogP contribution in [0.3, 0.4) is 0 Å². The van der Waals surface area contributed by atoms with Crippen molar-refractivity contribution in [3.63, 3.8) is 0 Å². The molecule has 1 aliphatic heterocycles. The van der Waals surface area contributed by atoms with E-state index in [1.54, 1.807) is 16.8 Å². The highest BCUT2D eigenvalue weighted by atomic mass is 32.1. The Bertz CT molecular complexity index is 638. The molecule has 2 aromatic rings. The normalized spacial score (nSPS) is 26.2. The number of thiophene rings is 1. The molecule has 106 valence electrons. The zero-order valence-electron chi connectivity index (χ0n) is 12.2. The first-order valence-corrected chi connectivity index (χ1v) is 8.54. The summed E-state index contributed by atoms with van der Waals surface area (Å²) in [6, 6.07) is 0. The Morgan fingerprint density at radius 1 is 1.15 bits per heavy atom. The second-order valence-electron chi connectivity index (χ2n) is 6.59. The predicted molar refractivity (Wildman–Crippen MR) is 84.6 cm³/mol. The first-order chi connectivity index (χ1) is 9.72. The molecule has 3 nitrogen and oxygen atoms in total. The van der Waals surface area contributed by atoms with Crippen molar-refractivity contribution >= 4 is 27.4 Å². The van der Waals surface area contributed by atoms with Crippen LogP contribution in [0.1, 0.15) is 37.1 Å². The molecule has 1 fully saturated rings. The van der Waals surface area contributed by atoms with E-state index in [4.69, 9.17) is 0 Å². The van der Waals surface area contributed by atoms with Crippen LogP contribution in [0.4, 0.5) is 5.82 Å². The van der Waals surface area contributed by atoms with Crippen molar-refractivity contribution in [3.8, 4) is 0 Å². The molecule has 2 aliphatic rings. The monoisotopic (exact) mass is 287 g/mol. The minimum absolute atomic E-state index is 0.760. The van der Waals surface area contributed by atoms with E-state index in [1.807, 2.05) is 11.3 Å². The first kappa shape index (κ1) is 12.6. The van der Waals surface area contributed by atoms with Gasteiger partial charge in [0.15, 0.2) is 0 Å². The third-order valence-electron chi connectivity index (χ3n) is 4.65. The number of hydrogen-bond acceptors (Lipinski definition) is 4. The Balaban J connectivity index is 1.83. The summed E-state index contributed by atoms with van der Waals surface area (Å²) in [5.74, 6) is 2.72. The van der Waals surface area contributed by atoms with Crippen LogP contribution in [-0.2, 0) is 12.8 Å². The van der Waals surface area contributed by atoms with Gasteiger partial charge in [-0.2, -0.15) is 0 Å². The van der Waals surface area contributed by atoms with E-state index < -0.39 is 0 Å². The van der Waals surface area contributed by atoms with Crippen LogP contribution in [0.15, 0.2) is 6.33 Å². The first-order valence-electron chi connectivity index (χ1n) is 7.72. The molecule has 0 bridgehead atoms. The molecule has 3 heterocycles. The van der Waals surface area contributed by atoms with Crippen LogP contribution in [0, 0.1) is 11.8 Å². The van der Waals surface area contributed by atoms with Crippen molar-refractivity contribution in [2.45, 2.75) is 39.5 Å². The van der Waals surface area contributed by atoms with Gasteiger partial charge < -0.3 is 4.90 Å². The number of piperidine rings is 1. The molecular formula is C16H21N3S. The molecule has 4 heteroatoms. The van der Waals surface area contributed by atoms with Gasteiger partial charge in [0.05, 0.1) is 5.39 Å². The highest BCUT2D eigenvalue weighted by Crippen LogP contribution is 2.41. The Morgan fingerprint density at radius 2 is 1.95 bits per heavy atom. The summed E-state index contributed by atoms with van der Waals surface area (Å²) in [5, 5.41) is 1.37. The lowest BCUT2D eigenvalue weighted by Gasteiger charge is -2.36. The largest absolute Gasteiger partial charge is 0.355 e. The predicted octanol–water partition coefficient (Wildman–Crippen LogP) is 3.66. The topological polar surface area (TPSA) is 29.0 Å². The van der Waals surface area contributed by atoms with E-state index in [0.717, 1.165) is 24.9 Å². The molecule has 2 aromatic heterocycles. The van der Waals surface area contributed by atoms with E-state index in [0.29, 0.717) is 0 Å². The Labute approximate surface area is 124 Å². The van der Waals surface area contributed by atoms with E-state index >= 15 is 0 Å². The molecule has 0 N–H and O–H groups in total. The summed E-state index contributed by atoms with van der Waals surface area (Å²) in [6.45, 7) is 7.00. The maximum Gasteiger partial charge on any atom is 0.141 e. The number of anilines is 1. The van der Waals surface area contributed by atoms with Crippen molar-refractivity contribution in [1.82, 2.24) is 9.97 Å². The fraction of sp³-hybridized carbons (Fsp3) is 0.625. The summed E-state index contributed by atoms with van der Waals surface area (Å²) in [5.41, 5.74) is 1.55. The molecule has 2 atom stereocenters. The maximum absolute atomic E-state index is 4.67. The van der Waals surface area contributed by atoms with Gasteiger partial charge >= 0.3 is 0 Å². The van der Waals surface area contributed by atoms with Crippen LogP contribution in [-0.4, -0.2) is 23.1 Å². The van der Waals surface area contributed by atoms with Gasteiger partial charge in [0.25, 0.3) is 0 Å². The van der Waals surface area contributed by atoms with E-state index in [-0.39, 0.29) is 0 Å². The minimum Gasteiger partial charge on any atom is -0.355 e. The van der Waals surface area contributed by atoms with Crippen molar-refractivity contribution in [2.75, 3.05) is 18.0 Å². The molecular weight excluding hydrogens is 266 g/mol. The third-order valence-corrected chi connectivity index (χ3v) is 5.85. The zero-order valence-corrected chi connectivity index (χ0v) is 13.0. The fourth-order valence-corrected chi connectivity index (χ4v) is 5.21. The van der Waals surface area contributed by atoms with Crippen LogP contribution < -0.4 is 4.90 Å². The molecule has 1 aliphatic carbocycles. The second-order valence-corrected chi connectivity index (χ2v) is 7.67. The molecule has 0 radical (unpaired) electrons. The molecule has 20 heavy (non-hydrogen) atoms. The SMILES string of the molecule is C[C@H]1C[C@H](C)CN(c2ncnc3sc4c(c23)CCC4)C1. The lowest BCUT2D eigenvalue weighted by molar-refractivity contribution is 0.356. The van der Waals surface area contributed by atoms with Crippen LogP contribution >= 0.6 is 11.3 Å². The average Bonchev–Trinajstić information content (AvgIpc) is 2.96. The molecule has 4 rings (SSSR count). The lowest BCUT2D eigenvalue weighted by Crippen LogP contribution is -2.39. The quantitative estimate of drug-likeness (QED) is 0.801. The molecule has 0 aromatic carbocycles. The summed E-state index contributed by atoms with van der Waals surface area (Å²) < 4.78 is 0. The zero-order chi connectivity index (χ0) is 13.7. The number of aryl methyl sites for hydroxylation is 2. The number of aromatic nitrogens is 2. The second kappa shape index (κ2) is 4.69. The molecule has 0 unspecified atom stereocenters. The molecule has 0 spiro atoms. The molecule has 1 saturated heterocycles. The van der Waals surface area contributed by atoms with E-state index in [9.17, 15) is 0 Å². The van der Waals surface area contributed by atoms with Gasteiger partial charge in [0.2, 0.25) is 0 Å². The van der Waals surface area contributed by atoms with E-state index in [1.165, 1.54) is 41.7 Å². The highest BCUT2D eigenvalue weighted by Gasteiger charge is 2.27. The number of nitrogens with zero attached hydrogens (tertiary/aromatic N) is 3. The van der Waals surface area contributed by atoms with Crippen molar-refractivity contribution in [3.05, 3.63) is 16.8 Å². The lowest BCUT2D eigenvalue weighted by atomic mass is 9.92. The molecule has 0 saturated carbocycles. The van der Waals surface area contributed by atoms with Crippen LogP contribution in [0.2, 0.25) is 0 Å². The Morgan fingerprint density at radius 3 is 2.75 bits per heavy atom. The van der Waals surface area contributed by atoms with Gasteiger partial charge in [0.1, 0.15) is 17.0 Å². The highest BCUT2D eigenvalue weighted by molar-refractivity contribution is 7.19. The van der Waals surface area contributed by atoms with Crippen molar-refractivity contribution in [2.24, 2.45) is 11.8 Å². The summed E-state index contributed by atoms with van der Waals surface area (Å²) >= 11 is 1.89. The third kappa shape index (κ3) is 1.93.